The van der Waals surface area contributed by atoms with Crippen molar-refractivity contribution in [3.8, 4) is 23.0 Å². The second-order valence-electron chi connectivity index (χ2n) is 7.21. The van der Waals surface area contributed by atoms with E-state index >= 15 is 0 Å². The molecular weight excluding hydrogens is 949 g/mol. The molecule has 2 rings (SSSR count). The van der Waals surface area contributed by atoms with Gasteiger partial charge in [-0.2, -0.15) is 60.0 Å². The Bertz CT molecular complexity index is 1850. The zero-order chi connectivity index (χ0) is 32.9. The molecule has 0 heterocycles. The summed E-state index contributed by atoms with van der Waals surface area (Å²) in [6, 6.07) is 3.03. The minimum Gasteiger partial charge on any atom is -0.380 e. The molecule has 238 valence electrons. The Balaban J connectivity index is 3.10. The maximum absolute atomic E-state index is 13.2. The third kappa shape index (κ3) is 9.26. The minimum atomic E-state index is -6.85. The predicted molar refractivity (Wildman–Crippen MR) is 145 cm³/mol. The lowest BCUT2D eigenvalue weighted by molar-refractivity contribution is -0.107. The van der Waals surface area contributed by atoms with E-state index < -0.39 is 98.3 Å². The molecule has 26 heteroatoms. The van der Waals surface area contributed by atoms with Gasteiger partial charge in [-0.1, -0.05) is 17.7 Å². The first-order chi connectivity index (χ1) is 18.6. The highest BCUT2D eigenvalue weighted by Crippen LogP contribution is 2.54. The van der Waals surface area contributed by atoms with Gasteiger partial charge in [0.15, 0.2) is 11.5 Å². The number of alkyl halides is 6. The molecule has 0 bridgehead atoms. The molecule has 0 atom stereocenters. The number of halogens is 10. The summed E-state index contributed by atoms with van der Waals surface area (Å²) in [6.45, 7) is 0. The van der Waals surface area contributed by atoms with Crippen LogP contribution < -0.4 is 16.7 Å². The zero-order valence-electron chi connectivity index (χ0n) is 19.3. The van der Waals surface area contributed by atoms with Crippen molar-refractivity contribution in [3.63, 3.8) is 0 Å². The van der Waals surface area contributed by atoms with E-state index in [1.165, 1.54) is 0 Å². The minimum absolute atomic E-state index is 0.268. The van der Waals surface area contributed by atoms with Crippen LogP contribution in [0.15, 0.2) is 32.0 Å². The first-order valence-corrected chi connectivity index (χ1v) is 18.7. The van der Waals surface area contributed by atoms with Gasteiger partial charge in [-0.25, -0.2) is 0 Å². The van der Waals surface area contributed by atoms with Gasteiger partial charge in [-0.3, -0.25) is 0 Å². The van der Waals surface area contributed by atoms with E-state index in [0.29, 0.717) is 6.26 Å². The van der Waals surface area contributed by atoms with Crippen molar-refractivity contribution in [2.75, 3.05) is 12.0 Å². The first kappa shape index (κ1) is 37.2. The number of rotatable bonds is 10. The van der Waals surface area contributed by atoms with Gasteiger partial charge in [0.25, 0.3) is 0 Å². The van der Waals surface area contributed by atoms with Crippen molar-refractivity contribution in [1.29, 1.82) is 0 Å². The lowest BCUT2D eigenvalue weighted by Crippen LogP contribution is -2.30. The van der Waals surface area contributed by atoms with Crippen LogP contribution in [0.25, 0.3) is 0 Å². The summed E-state index contributed by atoms with van der Waals surface area (Å²) in [6.07, 6.45) is -5.19. The van der Waals surface area contributed by atoms with Crippen LogP contribution in [0.4, 0.5) is 26.3 Å². The van der Waals surface area contributed by atoms with Crippen LogP contribution in [-0.2, 0) is 40.5 Å². The van der Waals surface area contributed by atoms with E-state index in [1.54, 1.807) is 0 Å². The Morgan fingerprint density at radius 1 is 0.786 bits per heavy atom. The second-order valence-corrected chi connectivity index (χ2v) is 16.5. The van der Waals surface area contributed by atoms with Crippen LogP contribution in [-0.4, -0.2) is 57.4 Å². The summed E-state index contributed by atoms with van der Waals surface area (Å²) in [5.41, 5.74) is -6.28. The highest BCUT2D eigenvalue weighted by atomic mass is 127. The molecule has 0 aliphatic rings. The third-order valence-corrected chi connectivity index (χ3v) is 11.0. The molecule has 0 radical (unpaired) electrons. The van der Waals surface area contributed by atoms with Crippen LogP contribution in [0, 0.1) is 3.57 Å². The molecule has 0 saturated heterocycles. The highest BCUT2D eigenvalue weighted by molar-refractivity contribution is 14.1. The fourth-order valence-corrected chi connectivity index (χ4v) is 8.50. The van der Waals surface area contributed by atoms with Crippen molar-refractivity contribution in [1.82, 2.24) is 0 Å². The van der Waals surface area contributed by atoms with Crippen molar-refractivity contribution in [2.24, 2.45) is 0 Å². The van der Waals surface area contributed by atoms with Gasteiger partial charge >= 0.3 is 52.2 Å². The van der Waals surface area contributed by atoms with Gasteiger partial charge in [0.2, 0.25) is 17.2 Å². The average Bonchev–Trinajstić information content (AvgIpc) is 2.75. The summed E-state index contributed by atoms with van der Waals surface area (Å²) < 4.78 is 191. The normalized spacial score (nSPS) is 13.5. The van der Waals surface area contributed by atoms with Crippen LogP contribution >= 0.6 is 66.1 Å². The third-order valence-electron chi connectivity index (χ3n) is 3.85. The number of hydrogen-bond donors (Lipinski definition) is 0. The Kier molecular flexibility index (Phi) is 11.0. The van der Waals surface area contributed by atoms with Crippen LogP contribution in [0.2, 0.25) is 5.02 Å². The van der Waals surface area contributed by atoms with E-state index in [2.05, 4.69) is 44.4 Å². The van der Waals surface area contributed by atoms with E-state index in [-0.39, 0.29) is 5.02 Å². The van der Waals surface area contributed by atoms with Crippen molar-refractivity contribution in [2.45, 2.75) is 16.6 Å². The molecule has 0 aliphatic heterocycles. The van der Waals surface area contributed by atoms with Crippen LogP contribution in [0.5, 0.6) is 23.0 Å². The van der Waals surface area contributed by atoms with E-state index in [0.717, 1.165) is 40.8 Å². The smallest absolute Gasteiger partial charge is 0.380 e. The molecular formula is C16H8Br2ClF6IO12S4. The maximum atomic E-state index is 13.2. The summed E-state index contributed by atoms with van der Waals surface area (Å²) in [5.74, 6) is -9.82. The van der Waals surface area contributed by atoms with E-state index in [4.69, 9.17) is 15.8 Å². The topological polar surface area (TPSA) is 173 Å². The second kappa shape index (κ2) is 12.4. The van der Waals surface area contributed by atoms with Gasteiger partial charge in [-0.15, -0.1) is 0 Å². The molecule has 0 aromatic heterocycles. The monoisotopic (exact) mass is 954 g/mol. The Morgan fingerprint density at radius 2 is 1.33 bits per heavy atom. The summed E-state index contributed by atoms with van der Waals surface area (Å²) >= 11 is 12.0. The number of benzene rings is 2. The van der Waals surface area contributed by atoms with Crippen LogP contribution in [0.1, 0.15) is 0 Å². The van der Waals surface area contributed by atoms with Gasteiger partial charge in [-0.05, 0) is 66.6 Å². The summed E-state index contributed by atoms with van der Waals surface area (Å²) in [5, 5.41) is -0.268. The zero-order valence-corrected chi connectivity index (χ0v) is 28.6. The lowest BCUT2D eigenvalue weighted by Gasteiger charge is -2.21. The number of hydrogen-bond acceptors (Lipinski definition) is 12. The molecule has 0 saturated carbocycles. The molecule has 0 amide bonds. The maximum Gasteiger partial charge on any atom is 0.534 e. The van der Waals surface area contributed by atoms with Crippen molar-refractivity contribution < 1.29 is 76.7 Å². The molecule has 0 N–H and O–H groups in total. The molecule has 0 fully saturated rings. The molecule has 0 aliphatic carbocycles. The first-order valence-electron chi connectivity index (χ1n) is 9.41. The lowest BCUT2D eigenvalue weighted by atomic mass is 10.3. The average molecular weight is 957 g/mol. The Morgan fingerprint density at radius 3 is 1.81 bits per heavy atom. The fourth-order valence-electron chi connectivity index (χ4n) is 2.40. The van der Waals surface area contributed by atoms with E-state index in [1.807, 2.05) is 0 Å². The highest BCUT2D eigenvalue weighted by Gasteiger charge is 2.50. The van der Waals surface area contributed by atoms with Crippen molar-refractivity contribution in [3.05, 3.63) is 35.7 Å². The SMILES string of the molecule is CS(=O)(=O)Oc1c(Br)c(OS(=O)(=O)C(F)(F)F)c(OS(=O)(=O)CC(F)(F)F)c(OS(=O)(=O)c2cccc(Cl)c2Br)c1I. The van der Waals surface area contributed by atoms with E-state index in [9.17, 15) is 60.0 Å². The molecule has 2 aromatic rings. The molecule has 0 unspecified atom stereocenters. The molecule has 12 nitrogen and oxygen atoms in total. The van der Waals surface area contributed by atoms with Gasteiger partial charge < -0.3 is 16.7 Å². The summed E-state index contributed by atoms with van der Waals surface area (Å²) in [4.78, 5) is -0.867. The largest absolute Gasteiger partial charge is 0.534 e. The van der Waals surface area contributed by atoms with Gasteiger partial charge in [0, 0.05) is 0 Å². The molecule has 2 aromatic carbocycles. The van der Waals surface area contributed by atoms with Gasteiger partial charge in [0.1, 0.15) is 12.9 Å². The Hall–Kier alpha value is -1.000. The van der Waals surface area contributed by atoms with Crippen LogP contribution in [0.3, 0.4) is 0 Å². The molecule has 0 spiro atoms. The molecule has 42 heavy (non-hydrogen) atoms. The predicted octanol–water partition coefficient (Wildman–Crippen LogP) is 5.08. The van der Waals surface area contributed by atoms with Gasteiger partial charge in [0.05, 0.1) is 15.8 Å². The summed E-state index contributed by atoms with van der Waals surface area (Å²) in [7, 11) is -22.9. The quantitative estimate of drug-likeness (QED) is 0.134. The Labute approximate surface area is 268 Å². The van der Waals surface area contributed by atoms with Crippen molar-refractivity contribution >= 4 is 107 Å². The standard InChI is InChI=1S/C16H8Br2ClF6IO12S4/c1-39(27,28)35-11-9(18)12(38-42(33,34)16(23,24)25)14(36-40(29,30)5-15(20,21)22)13(10(11)26)37-41(31,32)7-4-2-3-6(19)8(7)17/h2-4H,5H2,1H3. The fraction of sp³-hybridized carbons (Fsp3) is 0.250.